The van der Waals surface area contributed by atoms with Gasteiger partial charge in [0.05, 0.1) is 5.37 Å². The molecule has 2 nitrogen and oxygen atoms in total. The third-order valence-corrected chi connectivity index (χ3v) is 4.00. The van der Waals surface area contributed by atoms with E-state index in [9.17, 15) is 0 Å². The van der Waals surface area contributed by atoms with Crippen LogP contribution in [0.15, 0.2) is 0 Å². The summed E-state index contributed by atoms with van der Waals surface area (Å²) in [5, 5.41) is 4.25. The molecule has 0 saturated carbocycles. The fraction of sp³-hybridized carbons (Fsp3) is 1.00. The normalized spacial score (nSPS) is 33.5. The Labute approximate surface area is 79.1 Å². The summed E-state index contributed by atoms with van der Waals surface area (Å²) >= 11 is 2.13. The highest BCUT2D eigenvalue weighted by atomic mass is 32.2. The Bertz CT molecular complexity index is 112. The maximum absolute atomic E-state index is 3.47. The van der Waals surface area contributed by atoms with Gasteiger partial charge in [-0.3, -0.25) is 4.90 Å². The molecule has 0 radical (unpaired) electrons. The van der Waals surface area contributed by atoms with E-state index in [-0.39, 0.29) is 0 Å². The molecule has 70 valence electrons. The van der Waals surface area contributed by atoms with E-state index in [2.05, 4.69) is 22.0 Å². The molecular weight excluding hydrogens is 168 g/mol. The van der Waals surface area contributed by atoms with E-state index in [4.69, 9.17) is 0 Å². The van der Waals surface area contributed by atoms with Crippen LogP contribution in [0.4, 0.5) is 0 Å². The first kappa shape index (κ1) is 8.85. The highest BCUT2D eigenvalue weighted by Gasteiger charge is 2.22. The lowest BCUT2D eigenvalue weighted by molar-refractivity contribution is 0.208. The minimum Gasteiger partial charge on any atom is -0.313 e. The first-order valence-electron chi connectivity index (χ1n) is 5.03. The van der Waals surface area contributed by atoms with Crippen molar-refractivity contribution >= 4 is 11.8 Å². The standard InChI is InChI=1S/C9H18N2S/c1-2-5-11(6-3-1)9-8-10-4-7-12-9/h9-10H,1-8H2. The van der Waals surface area contributed by atoms with Gasteiger partial charge in [-0.2, -0.15) is 0 Å². The monoisotopic (exact) mass is 186 g/mol. The second-order valence-corrected chi connectivity index (χ2v) is 4.91. The maximum Gasteiger partial charge on any atom is 0.0684 e. The predicted octanol–water partition coefficient (Wildman–Crippen LogP) is 1.13. The minimum absolute atomic E-state index is 0.777. The smallest absolute Gasteiger partial charge is 0.0684 e. The van der Waals surface area contributed by atoms with Crippen LogP contribution in [0.2, 0.25) is 0 Å². The number of hydrogen-bond acceptors (Lipinski definition) is 3. The Balaban J connectivity index is 1.80. The van der Waals surface area contributed by atoms with Crippen molar-refractivity contribution in [2.75, 3.05) is 31.9 Å². The Morgan fingerprint density at radius 2 is 2.00 bits per heavy atom. The lowest BCUT2D eigenvalue weighted by atomic mass is 10.1. The van der Waals surface area contributed by atoms with E-state index in [0.717, 1.165) is 5.37 Å². The van der Waals surface area contributed by atoms with Crippen LogP contribution >= 0.6 is 11.8 Å². The molecule has 1 unspecified atom stereocenters. The molecule has 2 aliphatic heterocycles. The minimum atomic E-state index is 0.777. The van der Waals surface area contributed by atoms with Gasteiger partial charge in [0, 0.05) is 18.8 Å². The van der Waals surface area contributed by atoms with Gasteiger partial charge >= 0.3 is 0 Å². The van der Waals surface area contributed by atoms with Crippen LogP contribution in [0.25, 0.3) is 0 Å². The number of rotatable bonds is 1. The number of nitrogens with one attached hydrogen (secondary N) is 1. The molecule has 2 rings (SSSR count). The Morgan fingerprint density at radius 1 is 1.17 bits per heavy atom. The topological polar surface area (TPSA) is 15.3 Å². The lowest BCUT2D eigenvalue weighted by Gasteiger charge is -2.36. The van der Waals surface area contributed by atoms with Crippen LogP contribution in [0.1, 0.15) is 19.3 Å². The molecular formula is C9H18N2S. The van der Waals surface area contributed by atoms with E-state index in [0.29, 0.717) is 0 Å². The summed E-state index contributed by atoms with van der Waals surface area (Å²) in [6.07, 6.45) is 4.27. The molecule has 0 aromatic rings. The zero-order valence-corrected chi connectivity index (χ0v) is 8.41. The molecule has 2 saturated heterocycles. The summed E-state index contributed by atoms with van der Waals surface area (Å²) in [6, 6.07) is 0. The van der Waals surface area contributed by atoms with Crippen molar-refractivity contribution < 1.29 is 0 Å². The Hall–Kier alpha value is 0.270. The van der Waals surface area contributed by atoms with Crippen LogP contribution in [-0.2, 0) is 0 Å². The molecule has 0 amide bonds. The number of piperidine rings is 1. The summed E-state index contributed by atoms with van der Waals surface area (Å²) in [4.78, 5) is 2.65. The molecule has 0 spiro atoms. The maximum atomic E-state index is 3.47. The second kappa shape index (κ2) is 4.49. The highest BCUT2D eigenvalue weighted by molar-refractivity contribution is 7.99. The highest BCUT2D eigenvalue weighted by Crippen LogP contribution is 2.21. The zero-order valence-electron chi connectivity index (χ0n) is 7.59. The first-order chi connectivity index (χ1) is 5.97. The van der Waals surface area contributed by atoms with Gasteiger partial charge in [-0.1, -0.05) is 6.42 Å². The quantitative estimate of drug-likeness (QED) is 0.661. The summed E-state index contributed by atoms with van der Waals surface area (Å²) in [5.41, 5.74) is 0. The molecule has 1 N–H and O–H groups in total. The van der Waals surface area contributed by atoms with Crippen molar-refractivity contribution in [1.82, 2.24) is 10.2 Å². The molecule has 0 aromatic carbocycles. The van der Waals surface area contributed by atoms with Gasteiger partial charge < -0.3 is 5.32 Å². The van der Waals surface area contributed by atoms with Crippen LogP contribution in [0.3, 0.4) is 0 Å². The van der Waals surface area contributed by atoms with Crippen molar-refractivity contribution in [3.8, 4) is 0 Å². The molecule has 12 heavy (non-hydrogen) atoms. The van der Waals surface area contributed by atoms with Crippen LogP contribution < -0.4 is 5.32 Å². The predicted molar refractivity (Wildman–Crippen MR) is 54.5 cm³/mol. The van der Waals surface area contributed by atoms with Gasteiger partial charge in [0.25, 0.3) is 0 Å². The first-order valence-corrected chi connectivity index (χ1v) is 6.08. The Morgan fingerprint density at radius 3 is 2.67 bits per heavy atom. The van der Waals surface area contributed by atoms with E-state index in [1.165, 1.54) is 51.2 Å². The molecule has 0 aromatic heterocycles. The number of thioether (sulfide) groups is 1. The van der Waals surface area contributed by atoms with Gasteiger partial charge in [0.15, 0.2) is 0 Å². The average Bonchev–Trinajstić information content (AvgIpc) is 2.21. The van der Waals surface area contributed by atoms with Gasteiger partial charge in [0.1, 0.15) is 0 Å². The molecule has 2 aliphatic rings. The lowest BCUT2D eigenvalue weighted by Crippen LogP contribution is -2.46. The van der Waals surface area contributed by atoms with Gasteiger partial charge in [0.2, 0.25) is 0 Å². The van der Waals surface area contributed by atoms with E-state index in [1.54, 1.807) is 0 Å². The van der Waals surface area contributed by atoms with Crippen LogP contribution in [0.5, 0.6) is 0 Å². The van der Waals surface area contributed by atoms with E-state index in [1.807, 2.05) is 0 Å². The van der Waals surface area contributed by atoms with Gasteiger partial charge in [-0.15, -0.1) is 11.8 Å². The van der Waals surface area contributed by atoms with Gasteiger partial charge in [-0.25, -0.2) is 0 Å². The van der Waals surface area contributed by atoms with Crippen molar-refractivity contribution in [2.24, 2.45) is 0 Å². The molecule has 0 bridgehead atoms. The Kier molecular flexibility index (Phi) is 3.31. The van der Waals surface area contributed by atoms with Crippen molar-refractivity contribution in [1.29, 1.82) is 0 Å². The zero-order chi connectivity index (χ0) is 8.23. The third-order valence-electron chi connectivity index (χ3n) is 2.71. The van der Waals surface area contributed by atoms with Crippen LogP contribution in [0, 0.1) is 0 Å². The van der Waals surface area contributed by atoms with Crippen LogP contribution in [-0.4, -0.2) is 42.2 Å². The summed E-state index contributed by atoms with van der Waals surface area (Å²) in [6.45, 7) is 5.07. The third kappa shape index (κ3) is 2.15. The molecule has 0 aliphatic carbocycles. The fourth-order valence-corrected chi connectivity index (χ4v) is 3.18. The molecule has 2 heterocycles. The van der Waals surface area contributed by atoms with E-state index >= 15 is 0 Å². The SMILES string of the molecule is C1CCN(C2CNCCS2)CC1. The number of likely N-dealkylation sites (tertiary alicyclic amines) is 1. The van der Waals surface area contributed by atoms with Crippen molar-refractivity contribution in [3.63, 3.8) is 0 Å². The summed E-state index contributed by atoms with van der Waals surface area (Å²) in [7, 11) is 0. The summed E-state index contributed by atoms with van der Waals surface area (Å²) < 4.78 is 0. The van der Waals surface area contributed by atoms with Gasteiger partial charge in [-0.05, 0) is 25.9 Å². The van der Waals surface area contributed by atoms with E-state index < -0.39 is 0 Å². The summed E-state index contributed by atoms with van der Waals surface area (Å²) in [5.74, 6) is 1.29. The number of nitrogens with zero attached hydrogens (tertiary/aromatic N) is 1. The average molecular weight is 186 g/mol. The molecule has 3 heteroatoms. The van der Waals surface area contributed by atoms with Crippen molar-refractivity contribution in [3.05, 3.63) is 0 Å². The molecule has 1 atom stereocenters. The largest absolute Gasteiger partial charge is 0.313 e. The number of hydrogen-bond donors (Lipinski definition) is 1. The van der Waals surface area contributed by atoms with Crippen molar-refractivity contribution in [2.45, 2.75) is 24.6 Å². The molecule has 2 fully saturated rings. The second-order valence-electron chi connectivity index (χ2n) is 3.63. The fourth-order valence-electron chi connectivity index (χ4n) is 1.99.